The third kappa shape index (κ3) is 4.43. The van der Waals surface area contributed by atoms with Crippen LogP contribution >= 0.6 is 0 Å². The molecule has 174 valence electrons. The number of piperidine rings is 1. The number of amides is 2. The molecule has 4 heterocycles. The maximum absolute atomic E-state index is 13.2. The van der Waals surface area contributed by atoms with E-state index in [4.69, 9.17) is 4.98 Å². The lowest BCUT2D eigenvalue weighted by Crippen LogP contribution is -2.44. The van der Waals surface area contributed by atoms with Crippen molar-refractivity contribution in [1.82, 2.24) is 24.8 Å². The van der Waals surface area contributed by atoms with Gasteiger partial charge in [0.2, 0.25) is 5.91 Å². The van der Waals surface area contributed by atoms with Gasteiger partial charge in [0.1, 0.15) is 5.82 Å². The van der Waals surface area contributed by atoms with Gasteiger partial charge in [0, 0.05) is 43.4 Å². The first-order valence-electron chi connectivity index (χ1n) is 12.2. The van der Waals surface area contributed by atoms with Crippen LogP contribution in [0.4, 0.5) is 0 Å². The van der Waals surface area contributed by atoms with Crippen LogP contribution in [0.5, 0.6) is 0 Å². The van der Waals surface area contributed by atoms with E-state index in [-0.39, 0.29) is 29.3 Å². The van der Waals surface area contributed by atoms with Gasteiger partial charge in [-0.15, -0.1) is 0 Å². The number of carbonyl (C=O) groups is 2. The molecule has 2 amide bonds. The van der Waals surface area contributed by atoms with Gasteiger partial charge >= 0.3 is 0 Å². The third-order valence-corrected chi connectivity index (χ3v) is 7.36. The Balaban J connectivity index is 1.37. The van der Waals surface area contributed by atoms with Crippen molar-refractivity contribution >= 4 is 11.8 Å². The van der Waals surface area contributed by atoms with Gasteiger partial charge in [-0.2, -0.15) is 0 Å². The second-order valence-electron chi connectivity index (χ2n) is 9.47. The molecule has 1 atom stereocenters. The van der Waals surface area contributed by atoms with Crippen LogP contribution in [0.25, 0.3) is 0 Å². The standard InChI is InChI=1S/C25H31N5O3/c31-23-19-16-29(24(32)17-6-2-1-3-7-17)15-11-20(19)27-22(28-23)21-8-4-5-14-30(21)25(33)18-9-12-26-13-10-18/h9-10,12-13,17,21H,1-8,11,14-16H2,(H,27,28,31)/t21-/m0/s1. The smallest absolute Gasteiger partial charge is 0.256 e. The molecule has 1 saturated heterocycles. The predicted octanol–water partition coefficient (Wildman–Crippen LogP) is 3.00. The highest BCUT2D eigenvalue weighted by molar-refractivity contribution is 5.94. The first kappa shape index (κ1) is 21.8. The molecule has 0 radical (unpaired) electrons. The summed E-state index contributed by atoms with van der Waals surface area (Å²) in [5.74, 6) is 0.784. The molecule has 1 N–H and O–H groups in total. The zero-order valence-electron chi connectivity index (χ0n) is 19.0. The van der Waals surface area contributed by atoms with E-state index in [1.807, 2.05) is 9.80 Å². The summed E-state index contributed by atoms with van der Waals surface area (Å²) in [5.41, 5.74) is 1.77. The highest BCUT2D eigenvalue weighted by Gasteiger charge is 2.33. The molecule has 8 nitrogen and oxygen atoms in total. The van der Waals surface area contributed by atoms with Crippen molar-refractivity contribution in [3.63, 3.8) is 0 Å². The average Bonchev–Trinajstić information content (AvgIpc) is 2.88. The van der Waals surface area contributed by atoms with E-state index in [9.17, 15) is 14.4 Å². The number of rotatable bonds is 3. The van der Waals surface area contributed by atoms with E-state index in [0.29, 0.717) is 43.0 Å². The second kappa shape index (κ2) is 9.45. The van der Waals surface area contributed by atoms with Gasteiger partial charge in [0.05, 0.1) is 23.8 Å². The van der Waals surface area contributed by atoms with Gasteiger partial charge in [0.15, 0.2) is 0 Å². The van der Waals surface area contributed by atoms with E-state index < -0.39 is 0 Å². The number of aromatic amines is 1. The Morgan fingerprint density at radius 2 is 1.73 bits per heavy atom. The molecule has 8 heteroatoms. The highest BCUT2D eigenvalue weighted by Crippen LogP contribution is 2.31. The molecule has 5 rings (SSSR count). The average molecular weight is 450 g/mol. The lowest BCUT2D eigenvalue weighted by atomic mass is 9.88. The minimum absolute atomic E-state index is 0.0632. The van der Waals surface area contributed by atoms with Crippen LogP contribution in [0.3, 0.4) is 0 Å². The van der Waals surface area contributed by atoms with Crippen molar-refractivity contribution in [3.8, 4) is 0 Å². The number of hydrogen-bond donors (Lipinski definition) is 1. The fraction of sp³-hybridized carbons (Fsp3) is 0.560. The summed E-state index contributed by atoms with van der Waals surface area (Å²) in [5, 5.41) is 0. The number of carbonyl (C=O) groups excluding carboxylic acids is 2. The topological polar surface area (TPSA) is 99.3 Å². The van der Waals surface area contributed by atoms with Crippen LogP contribution in [0.1, 0.15) is 84.8 Å². The Hall–Kier alpha value is -3.03. The summed E-state index contributed by atoms with van der Waals surface area (Å²) < 4.78 is 0. The zero-order valence-corrected chi connectivity index (χ0v) is 19.0. The van der Waals surface area contributed by atoms with E-state index in [1.165, 1.54) is 6.42 Å². The van der Waals surface area contributed by atoms with Crippen molar-refractivity contribution < 1.29 is 9.59 Å². The molecule has 1 aliphatic carbocycles. The van der Waals surface area contributed by atoms with Crippen molar-refractivity contribution in [2.45, 2.75) is 70.4 Å². The first-order valence-corrected chi connectivity index (χ1v) is 12.2. The van der Waals surface area contributed by atoms with Crippen LogP contribution in [0.15, 0.2) is 29.3 Å². The molecule has 2 aliphatic heterocycles. The number of likely N-dealkylation sites (tertiary alicyclic amines) is 1. The molecule has 2 aromatic rings. The summed E-state index contributed by atoms with van der Waals surface area (Å²) in [7, 11) is 0. The van der Waals surface area contributed by atoms with Gasteiger partial charge in [-0.1, -0.05) is 19.3 Å². The van der Waals surface area contributed by atoms with Crippen molar-refractivity contribution in [1.29, 1.82) is 0 Å². The summed E-state index contributed by atoms with van der Waals surface area (Å²) in [6.45, 7) is 1.57. The van der Waals surface area contributed by atoms with Crippen LogP contribution < -0.4 is 5.56 Å². The van der Waals surface area contributed by atoms with Crippen molar-refractivity contribution in [2.75, 3.05) is 13.1 Å². The zero-order chi connectivity index (χ0) is 22.8. The molecular weight excluding hydrogens is 418 g/mol. The molecular formula is C25H31N5O3. The van der Waals surface area contributed by atoms with E-state index in [0.717, 1.165) is 50.6 Å². The largest absolute Gasteiger partial charge is 0.337 e. The quantitative estimate of drug-likeness (QED) is 0.777. The van der Waals surface area contributed by atoms with Crippen LogP contribution in [-0.4, -0.2) is 49.7 Å². The minimum Gasteiger partial charge on any atom is -0.337 e. The molecule has 0 unspecified atom stereocenters. The minimum atomic E-state index is -0.251. The fourth-order valence-electron chi connectivity index (χ4n) is 5.52. The SMILES string of the molecule is O=C(C1CCCCC1)N1CCc2nc([C@@H]3CCCCN3C(=O)c3ccncc3)[nH]c(=O)c2C1. The number of H-pyrrole nitrogens is 1. The number of nitrogens with zero attached hydrogens (tertiary/aromatic N) is 4. The van der Waals surface area contributed by atoms with Crippen LogP contribution in [0, 0.1) is 5.92 Å². The summed E-state index contributed by atoms with van der Waals surface area (Å²) in [4.78, 5) is 54.7. The Kier molecular flexibility index (Phi) is 6.24. The first-order chi connectivity index (χ1) is 16.1. The third-order valence-electron chi connectivity index (χ3n) is 7.36. The molecule has 2 fully saturated rings. The molecule has 2 aromatic heterocycles. The highest BCUT2D eigenvalue weighted by atomic mass is 16.2. The van der Waals surface area contributed by atoms with E-state index in [1.54, 1.807) is 24.5 Å². The monoisotopic (exact) mass is 449 g/mol. The summed E-state index contributed by atoms with van der Waals surface area (Å²) >= 11 is 0. The summed E-state index contributed by atoms with van der Waals surface area (Å²) in [6.07, 6.45) is 11.8. The normalized spacial score (nSPS) is 21.5. The van der Waals surface area contributed by atoms with Crippen molar-refractivity contribution in [2.24, 2.45) is 5.92 Å². The molecule has 0 bridgehead atoms. The van der Waals surface area contributed by atoms with Gasteiger partial charge in [0.25, 0.3) is 11.5 Å². The Morgan fingerprint density at radius 3 is 2.52 bits per heavy atom. The van der Waals surface area contributed by atoms with Crippen LogP contribution in [0.2, 0.25) is 0 Å². The number of pyridine rings is 1. The van der Waals surface area contributed by atoms with Gasteiger partial charge in [-0.25, -0.2) is 4.98 Å². The molecule has 0 spiro atoms. The van der Waals surface area contributed by atoms with Crippen LogP contribution in [-0.2, 0) is 17.8 Å². The van der Waals surface area contributed by atoms with Gasteiger partial charge < -0.3 is 14.8 Å². The maximum Gasteiger partial charge on any atom is 0.256 e. The Morgan fingerprint density at radius 1 is 0.970 bits per heavy atom. The lowest BCUT2D eigenvalue weighted by Gasteiger charge is -2.36. The Bertz CT molecular complexity index is 1080. The number of hydrogen-bond acceptors (Lipinski definition) is 5. The number of fused-ring (bicyclic) bond motifs is 1. The maximum atomic E-state index is 13.2. The Labute approximate surface area is 193 Å². The molecule has 0 aromatic carbocycles. The molecule has 33 heavy (non-hydrogen) atoms. The van der Waals surface area contributed by atoms with Gasteiger partial charge in [-0.05, 0) is 44.2 Å². The molecule has 3 aliphatic rings. The van der Waals surface area contributed by atoms with E-state index >= 15 is 0 Å². The van der Waals surface area contributed by atoms with Crippen molar-refractivity contribution in [3.05, 3.63) is 57.5 Å². The number of aromatic nitrogens is 3. The predicted molar refractivity (Wildman–Crippen MR) is 122 cm³/mol. The number of nitrogens with one attached hydrogen (secondary N) is 1. The molecule has 1 saturated carbocycles. The van der Waals surface area contributed by atoms with E-state index in [2.05, 4.69) is 9.97 Å². The lowest BCUT2D eigenvalue weighted by molar-refractivity contribution is -0.137. The summed E-state index contributed by atoms with van der Waals surface area (Å²) in [6, 6.07) is 3.18. The second-order valence-corrected chi connectivity index (χ2v) is 9.47. The van der Waals surface area contributed by atoms with Gasteiger partial charge in [-0.3, -0.25) is 19.4 Å². The fourth-order valence-corrected chi connectivity index (χ4v) is 5.52.